The Morgan fingerprint density at radius 1 is 0.967 bits per heavy atom. The maximum Gasteiger partial charge on any atom is 0.193 e. The van der Waals surface area contributed by atoms with E-state index in [0.717, 1.165) is 22.4 Å². The van der Waals surface area contributed by atoms with Crippen molar-refractivity contribution < 1.29 is 9.84 Å². The normalized spacial score (nSPS) is 13.2. The lowest BCUT2D eigenvalue weighted by molar-refractivity contribution is 0.0468. The third-order valence-corrected chi connectivity index (χ3v) is 4.74. The van der Waals surface area contributed by atoms with Gasteiger partial charge < -0.3 is 20.9 Å². The molecule has 0 fully saturated rings. The highest BCUT2D eigenvalue weighted by molar-refractivity contribution is 14.0. The van der Waals surface area contributed by atoms with E-state index >= 15 is 0 Å². The van der Waals surface area contributed by atoms with Gasteiger partial charge in [0.2, 0.25) is 0 Å². The zero-order valence-electron chi connectivity index (χ0n) is 17.0. The van der Waals surface area contributed by atoms with Gasteiger partial charge in [-0.3, -0.25) is 0 Å². The predicted octanol–water partition coefficient (Wildman–Crippen LogP) is 4.31. The van der Waals surface area contributed by atoms with E-state index < -0.39 is 5.60 Å². The SMILES string of the molecule is COCc1ccccc1NC(N)=NCC(O)(Cc1ccccc1)c1ccccc1.I. The fourth-order valence-electron chi connectivity index (χ4n) is 3.25. The van der Waals surface area contributed by atoms with Crippen LogP contribution in [0.1, 0.15) is 16.7 Å². The summed E-state index contributed by atoms with van der Waals surface area (Å²) in [4.78, 5) is 4.46. The van der Waals surface area contributed by atoms with Crippen LogP contribution in [0, 0.1) is 0 Å². The summed E-state index contributed by atoms with van der Waals surface area (Å²) in [5.74, 6) is 0.246. The third kappa shape index (κ3) is 6.55. The second kappa shape index (κ2) is 11.7. The van der Waals surface area contributed by atoms with E-state index in [4.69, 9.17) is 10.5 Å². The van der Waals surface area contributed by atoms with Gasteiger partial charge in [0.1, 0.15) is 5.60 Å². The Bertz CT molecular complexity index is 935. The number of nitrogens with two attached hydrogens (primary N) is 1. The summed E-state index contributed by atoms with van der Waals surface area (Å²) in [5.41, 5.74) is 8.63. The minimum absolute atomic E-state index is 0. The number of methoxy groups -OCH3 is 1. The van der Waals surface area contributed by atoms with E-state index in [-0.39, 0.29) is 36.5 Å². The van der Waals surface area contributed by atoms with Gasteiger partial charge in [0.15, 0.2) is 5.96 Å². The Labute approximate surface area is 195 Å². The fourth-order valence-corrected chi connectivity index (χ4v) is 3.25. The van der Waals surface area contributed by atoms with Crippen LogP contribution in [0.5, 0.6) is 0 Å². The highest BCUT2D eigenvalue weighted by Crippen LogP contribution is 2.26. The van der Waals surface area contributed by atoms with Crippen LogP contribution in [0.15, 0.2) is 89.9 Å². The van der Waals surface area contributed by atoms with E-state index in [1.165, 1.54) is 0 Å². The second-order valence-corrected chi connectivity index (χ2v) is 6.98. The van der Waals surface area contributed by atoms with Crippen molar-refractivity contribution in [2.45, 2.75) is 18.6 Å². The molecule has 3 aromatic carbocycles. The van der Waals surface area contributed by atoms with Crippen molar-refractivity contribution >= 4 is 35.6 Å². The van der Waals surface area contributed by atoms with Crippen molar-refractivity contribution in [1.29, 1.82) is 0 Å². The smallest absolute Gasteiger partial charge is 0.193 e. The van der Waals surface area contributed by atoms with E-state index in [1.54, 1.807) is 7.11 Å². The molecule has 0 heterocycles. The maximum absolute atomic E-state index is 11.5. The van der Waals surface area contributed by atoms with Crippen LogP contribution < -0.4 is 11.1 Å². The summed E-state index contributed by atoms with van der Waals surface area (Å²) in [6.45, 7) is 0.607. The lowest BCUT2D eigenvalue weighted by Crippen LogP contribution is -2.34. The number of benzene rings is 3. The van der Waals surface area contributed by atoms with Crippen LogP contribution in [-0.4, -0.2) is 24.7 Å². The minimum Gasteiger partial charge on any atom is -0.383 e. The van der Waals surface area contributed by atoms with E-state index in [2.05, 4.69) is 10.3 Å². The molecule has 0 saturated heterocycles. The van der Waals surface area contributed by atoms with Crippen molar-refractivity contribution in [3.8, 4) is 0 Å². The number of nitrogens with zero attached hydrogens (tertiary/aromatic N) is 1. The van der Waals surface area contributed by atoms with Gasteiger partial charge in [0.25, 0.3) is 0 Å². The lowest BCUT2D eigenvalue weighted by atomic mass is 9.87. The number of nitrogens with one attached hydrogen (secondary N) is 1. The van der Waals surface area contributed by atoms with Crippen molar-refractivity contribution in [1.82, 2.24) is 0 Å². The summed E-state index contributed by atoms with van der Waals surface area (Å²) >= 11 is 0. The van der Waals surface area contributed by atoms with Crippen LogP contribution in [0.2, 0.25) is 0 Å². The molecular formula is C24H28IN3O2. The molecular weight excluding hydrogens is 489 g/mol. The van der Waals surface area contributed by atoms with Crippen LogP contribution in [0.25, 0.3) is 0 Å². The molecule has 0 amide bonds. The van der Waals surface area contributed by atoms with Crippen molar-refractivity contribution in [2.24, 2.45) is 10.7 Å². The average Bonchev–Trinajstić information content (AvgIpc) is 2.75. The Kier molecular flexibility index (Phi) is 9.29. The van der Waals surface area contributed by atoms with E-state index in [9.17, 15) is 5.11 Å². The summed E-state index contributed by atoms with van der Waals surface area (Å²) in [6, 6.07) is 27.2. The quantitative estimate of drug-likeness (QED) is 0.237. The van der Waals surface area contributed by atoms with Crippen LogP contribution in [0.3, 0.4) is 0 Å². The Morgan fingerprint density at radius 3 is 2.23 bits per heavy atom. The molecule has 3 rings (SSSR count). The molecule has 0 radical (unpaired) electrons. The topological polar surface area (TPSA) is 79.9 Å². The molecule has 158 valence electrons. The number of rotatable bonds is 8. The van der Waals surface area contributed by atoms with Crippen LogP contribution >= 0.6 is 24.0 Å². The summed E-state index contributed by atoms with van der Waals surface area (Å²) in [7, 11) is 1.65. The molecule has 0 bridgehead atoms. The molecule has 4 N–H and O–H groups in total. The Hall–Kier alpha value is -2.42. The number of para-hydroxylation sites is 1. The van der Waals surface area contributed by atoms with Crippen LogP contribution in [0.4, 0.5) is 5.69 Å². The van der Waals surface area contributed by atoms with Gasteiger partial charge >= 0.3 is 0 Å². The number of hydrogen-bond donors (Lipinski definition) is 3. The number of aliphatic imine (C=N–C) groups is 1. The Morgan fingerprint density at radius 2 is 1.57 bits per heavy atom. The largest absolute Gasteiger partial charge is 0.383 e. The molecule has 0 aliphatic rings. The minimum atomic E-state index is -1.17. The van der Waals surface area contributed by atoms with Crippen molar-refractivity contribution in [3.63, 3.8) is 0 Å². The molecule has 0 aliphatic heterocycles. The molecule has 6 heteroatoms. The fraction of sp³-hybridized carbons (Fsp3) is 0.208. The molecule has 0 saturated carbocycles. The van der Waals surface area contributed by atoms with E-state index in [1.807, 2.05) is 84.9 Å². The number of aliphatic hydroxyl groups is 1. The lowest BCUT2D eigenvalue weighted by Gasteiger charge is -2.27. The zero-order valence-corrected chi connectivity index (χ0v) is 19.3. The number of guanidine groups is 1. The van der Waals surface area contributed by atoms with Gasteiger partial charge in [0, 0.05) is 24.8 Å². The monoisotopic (exact) mass is 517 g/mol. The highest BCUT2D eigenvalue weighted by Gasteiger charge is 2.29. The molecule has 1 atom stereocenters. The first-order chi connectivity index (χ1) is 14.1. The van der Waals surface area contributed by atoms with Crippen molar-refractivity contribution in [3.05, 3.63) is 102 Å². The van der Waals surface area contributed by atoms with Gasteiger partial charge in [0.05, 0.1) is 13.2 Å². The molecule has 0 spiro atoms. The second-order valence-electron chi connectivity index (χ2n) is 6.98. The molecule has 3 aromatic rings. The number of ether oxygens (including phenoxy) is 1. The van der Waals surface area contributed by atoms with Crippen LogP contribution in [-0.2, 0) is 23.4 Å². The summed E-state index contributed by atoms with van der Waals surface area (Å²) < 4.78 is 5.23. The standard InChI is InChI=1S/C24H27N3O2.HI/c1-29-17-20-12-8-9-15-22(20)27-23(25)26-18-24(28,21-13-6-3-7-14-21)16-19-10-4-2-5-11-19;/h2-15,28H,16-18H2,1H3,(H3,25,26,27);1H. The maximum atomic E-state index is 11.5. The number of halogens is 1. The van der Waals surface area contributed by atoms with Gasteiger partial charge in [-0.15, -0.1) is 24.0 Å². The summed E-state index contributed by atoms with van der Waals surface area (Å²) in [6.07, 6.45) is 0.439. The van der Waals surface area contributed by atoms with E-state index in [0.29, 0.717) is 13.0 Å². The van der Waals surface area contributed by atoms with Gasteiger partial charge in [-0.2, -0.15) is 0 Å². The Balaban J connectivity index is 0.00000320. The first-order valence-electron chi connectivity index (χ1n) is 9.56. The third-order valence-electron chi connectivity index (χ3n) is 4.74. The molecule has 30 heavy (non-hydrogen) atoms. The van der Waals surface area contributed by atoms with Crippen molar-refractivity contribution in [2.75, 3.05) is 19.0 Å². The first-order valence-corrected chi connectivity index (χ1v) is 9.56. The average molecular weight is 517 g/mol. The molecule has 0 aliphatic carbocycles. The number of anilines is 1. The zero-order chi connectivity index (χ0) is 20.5. The van der Waals surface area contributed by atoms with Gasteiger partial charge in [-0.25, -0.2) is 4.99 Å². The predicted molar refractivity (Wildman–Crippen MR) is 133 cm³/mol. The molecule has 0 aromatic heterocycles. The summed E-state index contributed by atoms with van der Waals surface area (Å²) in [5, 5.41) is 14.6. The first kappa shape index (κ1) is 23.9. The molecule has 5 nitrogen and oxygen atoms in total. The number of hydrogen-bond acceptors (Lipinski definition) is 3. The highest BCUT2D eigenvalue weighted by atomic mass is 127. The molecule has 1 unspecified atom stereocenters. The van der Waals surface area contributed by atoms with Gasteiger partial charge in [-0.05, 0) is 17.2 Å². The van der Waals surface area contributed by atoms with Gasteiger partial charge in [-0.1, -0.05) is 78.9 Å².